The van der Waals surface area contributed by atoms with Crippen LogP contribution in [0.2, 0.25) is 5.02 Å². The zero-order valence-corrected chi connectivity index (χ0v) is 22.3. The van der Waals surface area contributed by atoms with Gasteiger partial charge < -0.3 is 5.32 Å². The number of halogens is 1. The maximum absolute atomic E-state index is 13.2. The van der Waals surface area contributed by atoms with Gasteiger partial charge in [-0.15, -0.1) is 11.8 Å². The molecule has 1 aliphatic heterocycles. The molecule has 2 bridgehead atoms. The van der Waals surface area contributed by atoms with Gasteiger partial charge in [0.15, 0.2) is 0 Å². The highest BCUT2D eigenvalue weighted by Crippen LogP contribution is 2.64. The van der Waals surface area contributed by atoms with Crippen molar-refractivity contribution in [2.24, 2.45) is 22.9 Å². The summed E-state index contributed by atoms with van der Waals surface area (Å²) in [6, 6.07) is 13.6. The molecule has 36 heavy (non-hydrogen) atoms. The predicted octanol–water partition coefficient (Wildman–Crippen LogP) is 4.50. The van der Waals surface area contributed by atoms with Crippen molar-refractivity contribution in [2.75, 3.05) is 5.32 Å². The number of nitrogens with zero attached hydrogens (tertiary/aromatic N) is 1. The van der Waals surface area contributed by atoms with Crippen LogP contribution in [0, 0.1) is 17.8 Å². The lowest BCUT2D eigenvalue weighted by molar-refractivity contribution is -0.116. The topological polar surface area (TPSA) is 111 Å². The fourth-order valence-corrected chi connectivity index (χ4v) is 9.99. The number of nitrogens with two attached hydrogens (primary N) is 1. The lowest BCUT2D eigenvalue weighted by Crippen LogP contribution is -2.34. The number of primary sulfonamides is 1. The Hall–Kier alpha value is -2.11. The smallest absolute Gasteiger partial charge is 0.308 e. The van der Waals surface area contributed by atoms with E-state index < -0.39 is 10.0 Å². The Morgan fingerprint density at radius 2 is 1.78 bits per heavy atom. The lowest BCUT2D eigenvalue weighted by Gasteiger charge is -2.40. The van der Waals surface area contributed by atoms with Gasteiger partial charge in [-0.05, 0) is 79.0 Å². The van der Waals surface area contributed by atoms with E-state index >= 15 is 0 Å². The number of hydrogen-bond acceptors (Lipinski definition) is 6. The number of thioether (sulfide) groups is 1. The van der Waals surface area contributed by atoms with Crippen LogP contribution in [0.15, 0.2) is 63.2 Å². The summed E-state index contributed by atoms with van der Waals surface area (Å²) in [5.41, 5.74) is 1.61. The number of sulfonamides is 1. The first-order chi connectivity index (χ1) is 17.2. The number of amides is 1. The van der Waals surface area contributed by atoms with Crippen molar-refractivity contribution in [3.63, 3.8) is 0 Å². The van der Waals surface area contributed by atoms with Gasteiger partial charge in [-0.25, -0.2) is 13.6 Å². The maximum Gasteiger partial charge on any atom is 0.308 e. The molecule has 11 heteroatoms. The average Bonchev–Trinajstić information content (AvgIpc) is 3.53. The van der Waals surface area contributed by atoms with Crippen molar-refractivity contribution in [2.45, 2.75) is 46.9 Å². The molecule has 2 aromatic carbocycles. The minimum absolute atomic E-state index is 0.0336. The van der Waals surface area contributed by atoms with E-state index in [9.17, 15) is 18.0 Å². The molecule has 5 atom stereocenters. The summed E-state index contributed by atoms with van der Waals surface area (Å²) in [6.07, 6.45) is 3.71. The molecule has 3 N–H and O–H groups in total. The molecule has 2 fully saturated rings. The van der Waals surface area contributed by atoms with Crippen LogP contribution >= 0.6 is 34.7 Å². The summed E-state index contributed by atoms with van der Waals surface area (Å²) in [6.45, 7) is -0.104. The zero-order chi connectivity index (χ0) is 25.2. The van der Waals surface area contributed by atoms with Crippen LogP contribution in [-0.2, 0) is 21.4 Å². The number of benzene rings is 2. The first-order valence-corrected chi connectivity index (χ1v) is 15.4. The second-order valence-corrected chi connectivity index (χ2v) is 13.9. The van der Waals surface area contributed by atoms with Gasteiger partial charge >= 0.3 is 4.87 Å². The SMILES string of the molecule is NS(=O)(=O)c1ccc(NC(=O)Cn2c3c(sc2=O)[C@@H](c2ccc(Cl)cc2)[C@@H]2[C@H]4CC[C@@H](C4)[C@H]2S3)cc1. The minimum Gasteiger partial charge on any atom is -0.325 e. The van der Waals surface area contributed by atoms with Crippen molar-refractivity contribution >= 4 is 56.3 Å². The van der Waals surface area contributed by atoms with Crippen molar-refractivity contribution in [1.82, 2.24) is 4.57 Å². The molecule has 0 radical (unpaired) electrons. The van der Waals surface area contributed by atoms with E-state index in [1.54, 1.807) is 16.3 Å². The third-order valence-electron chi connectivity index (χ3n) is 7.69. The molecule has 3 aromatic rings. The number of anilines is 1. The van der Waals surface area contributed by atoms with Gasteiger partial charge in [0, 0.05) is 26.8 Å². The second-order valence-electron chi connectivity index (χ2n) is 9.76. The highest BCUT2D eigenvalue weighted by molar-refractivity contribution is 8.00. The van der Waals surface area contributed by atoms with Gasteiger partial charge in [0.25, 0.3) is 0 Å². The fraction of sp³-hybridized carbons (Fsp3) is 0.360. The highest BCUT2D eigenvalue weighted by Gasteiger charge is 2.55. The Kier molecular flexibility index (Phi) is 6.07. The Morgan fingerprint density at radius 1 is 1.08 bits per heavy atom. The van der Waals surface area contributed by atoms with Crippen molar-refractivity contribution in [1.29, 1.82) is 0 Å². The molecule has 2 heterocycles. The molecule has 6 rings (SSSR count). The van der Waals surface area contributed by atoms with Gasteiger partial charge in [0.2, 0.25) is 15.9 Å². The Balaban J connectivity index is 1.31. The Labute approximate surface area is 222 Å². The van der Waals surface area contributed by atoms with Crippen LogP contribution in [0.3, 0.4) is 0 Å². The standard InChI is InChI=1S/C25H24ClN3O4S3/c26-16-5-3-13(4-6-16)20-21-14-1-2-15(11-14)22(21)34-24-23(20)35-25(31)29(24)12-19(30)28-17-7-9-18(10-8-17)36(27,32)33/h3-10,14-15,20-22H,1-2,11-12H2,(H,28,30)(H2,27,32,33)/t14-,15-,20-,21-,22+/m0/s1. The van der Waals surface area contributed by atoms with E-state index in [2.05, 4.69) is 17.4 Å². The number of carbonyl (C=O) groups excluding carboxylic acids is 1. The van der Waals surface area contributed by atoms with E-state index in [1.807, 2.05) is 12.1 Å². The monoisotopic (exact) mass is 561 g/mol. The molecule has 3 aliphatic rings. The number of carbonyl (C=O) groups is 1. The molecule has 2 aliphatic carbocycles. The van der Waals surface area contributed by atoms with Crippen molar-refractivity contribution < 1.29 is 13.2 Å². The summed E-state index contributed by atoms with van der Waals surface area (Å²) >= 11 is 9.20. The van der Waals surface area contributed by atoms with Gasteiger partial charge in [-0.3, -0.25) is 14.2 Å². The van der Waals surface area contributed by atoms with Gasteiger partial charge in [0.1, 0.15) is 6.54 Å². The second kappa shape index (κ2) is 9.02. The number of nitrogens with one attached hydrogen (secondary N) is 1. The molecule has 0 unspecified atom stereocenters. The number of aromatic nitrogens is 1. The third kappa shape index (κ3) is 4.22. The summed E-state index contributed by atoms with van der Waals surface area (Å²) in [5, 5.41) is 9.93. The average molecular weight is 562 g/mol. The Bertz CT molecular complexity index is 1500. The fourth-order valence-electron chi connectivity index (χ4n) is 6.20. The van der Waals surface area contributed by atoms with Gasteiger partial charge in [-0.2, -0.15) is 0 Å². The number of rotatable bonds is 5. The lowest BCUT2D eigenvalue weighted by atomic mass is 9.75. The third-order valence-corrected chi connectivity index (χ3v) is 11.7. The van der Waals surface area contributed by atoms with Crippen molar-refractivity contribution in [3.8, 4) is 0 Å². The summed E-state index contributed by atoms with van der Waals surface area (Å²) < 4.78 is 24.5. The highest BCUT2D eigenvalue weighted by atomic mass is 35.5. The summed E-state index contributed by atoms with van der Waals surface area (Å²) in [7, 11) is -3.81. The van der Waals surface area contributed by atoms with Crippen LogP contribution < -0.4 is 15.3 Å². The van der Waals surface area contributed by atoms with Crippen LogP contribution in [0.5, 0.6) is 0 Å². The summed E-state index contributed by atoms with van der Waals surface area (Å²) in [4.78, 5) is 26.9. The predicted molar refractivity (Wildman–Crippen MR) is 142 cm³/mol. The molecule has 188 valence electrons. The first kappa shape index (κ1) is 24.2. The van der Waals surface area contributed by atoms with E-state index in [0.717, 1.165) is 9.90 Å². The zero-order valence-electron chi connectivity index (χ0n) is 19.1. The normalized spacial score (nSPS) is 26.4. The molecule has 1 amide bonds. The van der Waals surface area contributed by atoms with Crippen LogP contribution in [0.4, 0.5) is 5.69 Å². The van der Waals surface area contributed by atoms with Crippen LogP contribution in [0.25, 0.3) is 0 Å². The number of thiazole rings is 1. The van der Waals surface area contributed by atoms with Crippen LogP contribution in [-0.4, -0.2) is 24.1 Å². The quantitative estimate of drug-likeness (QED) is 0.476. The molecule has 1 aromatic heterocycles. The Morgan fingerprint density at radius 3 is 2.47 bits per heavy atom. The van der Waals surface area contributed by atoms with Gasteiger partial charge in [-0.1, -0.05) is 35.1 Å². The molecular weight excluding hydrogens is 538 g/mol. The van der Waals surface area contributed by atoms with Gasteiger partial charge in [0.05, 0.1) is 9.92 Å². The van der Waals surface area contributed by atoms with E-state index in [-0.39, 0.29) is 28.1 Å². The molecule has 2 saturated carbocycles. The van der Waals surface area contributed by atoms with Crippen molar-refractivity contribution in [3.05, 3.63) is 73.7 Å². The largest absolute Gasteiger partial charge is 0.325 e. The maximum atomic E-state index is 13.2. The van der Waals surface area contributed by atoms with E-state index in [4.69, 9.17) is 16.7 Å². The molecule has 0 spiro atoms. The van der Waals surface area contributed by atoms with E-state index in [1.165, 1.54) is 60.4 Å². The van der Waals surface area contributed by atoms with E-state index in [0.29, 0.717) is 33.7 Å². The minimum atomic E-state index is -3.81. The summed E-state index contributed by atoms with van der Waals surface area (Å²) in [5.74, 6) is 1.57. The molecular formula is C25H24ClN3O4S3. The van der Waals surface area contributed by atoms with Crippen LogP contribution in [0.1, 0.15) is 35.6 Å². The number of hydrogen-bond donors (Lipinski definition) is 2. The number of fused-ring (bicyclic) bond motifs is 6. The molecule has 7 nitrogen and oxygen atoms in total. The first-order valence-electron chi connectivity index (χ1n) is 11.8. The molecule has 0 saturated heterocycles.